The third-order valence-corrected chi connectivity index (χ3v) is 2.37. The van der Waals surface area contributed by atoms with Crippen molar-refractivity contribution >= 4 is 17.2 Å². The average molecular weight is 171 g/mol. The zero-order valence-corrected chi connectivity index (χ0v) is 6.89. The second kappa shape index (κ2) is 2.98. The van der Waals surface area contributed by atoms with Crippen LogP contribution >= 0.6 is 11.3 Å². The van der Waals surface area contributed by atoms with Gasteiger partial charge in [-0.2, -0.15) is 0 Å². The molecule has 1 rings (SSSR count). The van der Waals surface area contributed by atoms with Crippen molar-refractivity contribution in [2.45, 2.75) is 13.0 Å². The van der Waals surface area contributed by atoms with Crippen LogP contribution in [0.25, 0.3) is 0 Å². The number of hydrogen-bond donors (Lipinski definition) is 2. The van der Waals surface area contributed by atoms with Gasteiger partial charge in [0.2, 0.25) is 0 Å². The molecule has 1 aromatic heterocycles. The number of aromatic nitrogens is 1. The highest BCUT2D eigenvalue weighted by Crippen LogP contribution is 2.17. The first-order valence-electron chi connectivity index (χ1n) is 3.12. The minimum atomic E-state index is -0.450. The highest BCUT2D eigenvalue weighted by atomic mass is 32.1. The zero-order valence-electron chi connectivity index (χ0n) is 6.07. The molecular weight excluding hydrogens is 162 g/mol. The van der Waals surface area contributed by atoms with Crippen LogP contribution in [0.5, 0.6) is 0 Å². The van der Waals surface area contributed by atoms with Crippen molar-refractivity contribution in [3.8, 4) is 0 Å². The van der Waals surface area contributed by atoms with Gasteiger partial charge in [0.25, 0.3) is 5.91 Å². The van der Waals surface area contributed by atoms with Crippen molar-refractivity contribution in [1.29, 1.82) is 0 Å². The number of hydrogen-bond acceptors (Lipinski definition) is 4. The Morgan fingerprint density at radius 2 is 2.45 bits per heavy atom. The molecular formula is C6H9N3OS. The summed E-state index contributed by atoms with van der Waals surface area (Å²) in [6.07, 6.45) is 1.45. The summed E-state index contributed by atoms with van der Waals surface area (Å²) in [5.41, 5.74) is 10.5. The lowest BCUT2D eigenvalue weighted by Crippen LogP contribution is -2.08. The van der Waals surface area contributed by atoms with Crippen LogP contribution < -0.4 is 11.5 Å². The average Bonchev–Trinajstić information content (AvgIpc) is 2.33. The van der Waals surface area contributed by atoms with Gasteiger partial charge in [-0.25, -0.2) is 4.98 Å². The third kappa shape index (κ3) is 1.75. The van der Waals surface area contributed by atoms with Gasteiger partial charge < -0.3 is 11.5 Å². The van der Waals surface area contributed by atoms with Crippen LogP contribution in [0.4, 0.5) is 0 Å². The molecule has 0 aliphatic carbocycles. The summed E-state index contributed by atoms with van der Waals surface area (Å²) < 4.78 is 0. The highest BCUT2D eigenvalue weighted by Gasteiger charge is 2.08. The van der Waals surface area contributed by atoms with Crippen LogP contribution in [-0.4, -0.2) is 10.9 Å². The second-order valence-corrected chi connectivity index (χ2v) is 3.28. The van der Waals surface area contributed by atoms with Gasteiger partial charge in [-0.15, -0.1) is 11.3 Å². The Balaban J connectivity index is 2.90. The molecule has 1 amide bonds. The first-order chi connectivity index (χ1) is 5.11. The van der Waals surface area contributed by atoms with Gasteiger partial charge in [0.1, 0.15) is 9.88 Å². The maximum Gasteiger partial charge on any atom is 0.260 e. The van der Waals surface area contributed by atoms with Gasteiger partial charge in [0.15, 0.2) is 0 Å². The van der Waals surface area contributed by atoms with Crippen molar-refractivity contribution in [2.24, 2.45) is 11.5 Å². The molecule has 4 nitrogen and oxygen atoms in total. The fourth-order valence-electron chi connectivity index (χ4n) is 0.612. The zero-order chi connectivity index (χ0) is 8.43. The molecule has 4 N–H and O–H groups in total. The number of rotatable bonds is 2. The molecule has 1 unspecified atom stereocenters. The van der Waals surface area contributed by atoms with E-state index >= 15 is 0 Å². The smallest absolute Gasteiger partial charge is 0.260 e. The first kappa shape index (κ1) is 8.16. The summed E-state index contributed by atoms with van der Waals surface area (Å²) in [4.78, 5) is 15.0. The summed E-state index contributed by atoms with van der Waals surface area (Å²) in [5.74, 6) is -0.450. The lowest BCUT2D eigenvalue weighted by Gasteiger charge is -1.95. The highest BCUT2D eigenvalue weighted by molar-refractivity contribution is 7.13. The maximum absolute atomic E-state index is 10.6. The molecule has 11 heavy (non-hydrogen) atoms. The second-order valence-electron chi connectivity index (χ2n) is 2.22. The minimum Gasteiger partial charge on any atom is -0.365 e. The Kier molecular flexibility index (Phi) is 2.21. The van der Waals surface area contributed by atoms with Gasteiger partial charge in [-0.05, 0) is 6.92 Å². The van der Waals surface area contributed by atoms with Crippen LogP contribution in [0.1, 0.15) is 27.6 Å². The predicted molar refractivity (Wildman–Crippen MR) is 43.2 cm³/mol. The molecule has 0 radical (unpaired) electrons. The van der Waals surface area contributed by atoms with E-state index in [1.807, 2.05) is 6.92 Å². The molecule has 0 bridgehead atoms. The first-order valence-corrected chi connectivity index (χ1v) is 3.94. The Morgan fingerprint density at radius 3 is 2.73 bits per heavy atom. The molecule has 0 aliphatic rings. The van der Waals surface area contributed by atoms with Gasteiger partial charge >= 0.3 is 0 Å². The molecule has 0 saturated carbocycles. The van der Waals surface area contributed by atoms with E-state index in [0.717, 1.165) is 5.01 Å². The van der Waals surface area contributed by atoms with Gasteiger partial charge in [-0.1, -0.05) is 0 Å². The predicted octanol–water partition coefficient (Wildman–Crippen LogP) is 0.262. The van der Waals surface area contributed by atoms with Gasteiger partial charge in [-0.3, -0.25) is 4.79 Å². The molecule has 0 spiro atoms. The Morgan fingerprint density at radius 1 is 1.82 bits per heavy atom. The summed E-state index contributed by atoms with van der Waals surface area (Å²) in [6, 6.07) is -0.131. The van der Waals surface area contributed by atoms with Crippen LogP contribution in [0.3, 0.4) is 0 Å². The van der Waals surface area contributed by atoms with Crippen molar-refractivity contribution in [3.63, 3.8) is 0 Å². The summed E-state index contributed by atoms with van der Waals surface area (Å²) in [6.45, 7) is 1.81. The van der Waals surface area contributed by atoms with E-state index in [4.69, 9.17) is 11.5 Å². The van der Waals surface area contributed by atoms with E-state index in [0.29, 0.717) is 4.88 Å². The number of amides is 1. The minimum absolute atomic E-state index is 0.131. The molecule has 0 aliphatic heterocycles. The monoisotopic (exact) mass is 171 g/mol. The number of thiazole rings is 1. The quantitative estimate of drug-likeness (QED) is 0.669. The van der Waals surface area contributed by atoms with Gasteiger partial charge in [0.05, 0.1) is 12.2 Å². The molecule has 0 saturated heterocycles. The topological polar surface area (TPSA) is 82.0 Å². The van der Waals surface area contributed by atoms with E-state index in [1.54, 1.807) is 0 Å². The SMILES string of the molecule is CC(N)c1ncc(C(N)=O)s1. The number of carbonyl (C=O) groups excluding carboxylic acids is 1. The lowest BCUT2D eigenvalue weighted by atomic mass is 10.4. The Hall–Kier alpha value is -0.940. The fraction of sp³-hybridized carbons (Fsp3) is 0.333. The normalized spacial score (nSPS) is 12.9. The van der Waals surface area contributed by atoms with Crippen LogP contribution in [0, 0.1) is 0 Å². The van der Waals surface area contributed by atoms with Crippen molar-refractivity contribution < 1.29 is 4.79 Å². The largest absolute Gasteiger partial charge is 0.365 e. The van der Waals surface area contributed by atoms with E-state index in [1.165, 1.54) is 17.5 Å². The van der Waals surface area contributed by atoms with Crippen molar-refractivity contribution in [3.05, 3.63) is 16.1 Å². The maximum atomic E-state index is 10.6. The number of nitrogens with two attached hydrogens (primary N) is 2. The Labute approximate surface area is 68.2 Å². The molecule has 0 fully saturated rings. The van der Waals surface area contributed by atoms with Gasteiger partial charge in [0, 0.05) is 0 Å². The van der Waals surface area contributed by atoms with Crippen molar-refractivity contribution in [1.82, 2.24) is 4.98 Å². The van der Waals surface area contributed by atoms with E-state index in [-0.39, 0.29) is 6.04 Å². The number of nitrogens with zero attached hydrogens (tertiary/aromatic N) is 1. The lowest BCUT2D eigenvalue weighted by molar-refractivity contribution is 0.100. The fourth-order valence-corrected chi connectivity index (χ4v) is 1.33. The molecule has 1 aromatic rings. The Bertz CT molecular complexity index is 269. The summed E-state index contributed by atoms with van der Waals surface area (Å²) in [7, 11) is 0. The third-order valence-electron chi connectivity index (χ3n) is 1.16. The molecule has 60 valence electrons. The van der Waals surface area contributed by atoms with Crippen molar-refractivity contribution in [2.75, 3.05) is 0 Å². The molecule has 1 heterocycles. The molecule has 1 atom stereocenters. The summed E-state index contributed by atoms with van der Waals surface area (Å²) >= 11 is 1.24. The van der Waals surface area contributed by atoms with E-state index in [2.05, 4.69) is 4.98 Å². The van der Waals surface area contributed by atoms with Crippen LogP contribution in [-0.2, 0) is 0 Å². The number of primary amides is 1. The molecule has 0 aromatic carbocycles. The van der Waals surface area contributed by atoms with E-state index in [9.17, 15) is 4.79 Å². The standard InChI is InChI=1S/C6H9N3OS/c1-3(7)6-9-2-4(11-6)5(8)10/h2-3H,7H2,1H3,(H2,8,10). The van der Waals surface area contributed by atoms with E-state index < -0.39 is 5.91 Å². The number of carbonyl (C=O) groups is 1. The van der Waals surface area contributed by atoms with Crippen LogP contribution in [0.2, 0.25) is 0 Å². The summed E-state index contributed by atoms with van der Waals surface area (Å²) in [5, 5.41) is 0.735. The molecule has 5 heteroatoms. The van der Waals surface area contributed by atoms with Crippen LogP contribution in [0.15, 0.2) is 6.20 Å².